The molecule has 0 aromatic carbocycles. The number of hydrogen-bond acceptors (Lipinski definition) is 2. The van der Waals surface area contributed by atoms with E-state index in [4.69, 9.17) is 0 Å². The Morgan fingerprint density at radius 2 is 2.38 bits per heavy atom. The lowest BCUT2D eigenvalue weighted by Gasteiger charge is -2.07. The quantitative estimate of drug-likeness (QED) is 0.601. The summed E-state index contributed by atoms with van der Waals surface area (Å²) in [4.78, 5) is 11.4. The summed E-state index contributed by atoms with van der Waals surface area (Å²) in [5.74, 6) is 5.50. The van der Waals surface area contributed by atoms with Crippen LogP contribution >= 0.6 is 0 Å². The van der Waals surface area contributed by atoms with Crippen molar-refractivity contribution in [1.29, 1.82) is 0 Å². The van der Waals surface area contributed by atoms with Crippen LogP contribution in [-0.2, 0) is 4.79 Å². The largest absolute Gasteiger partial charge is 0.393 e. The first-order valence-electron chi connectivity index (χ1n) is 4.59. The topological polar surface area (TPSA) is 49.3 Å². The Labute approximate surface area is 78.5 Å². The molecule has 72 valence electrons. The summed E-state index contributed by atoms with van der Waals surface area (Å²) in [6, 6.07) is 0. The molecule has 0 heterocycles. The van der Waals surface area contributed by atoms with Gasteiger partial charge in [0.25, 0.3) is 0 Å². The summed E-state index contributed by atoms with van der Waals surface area (Å²) in [6.45, 7) is 2.16. The highest BCUT2D eigenvalue weighted by Crippen LogP contribution is 2.25. The van der Waals surface area contributed by atoms with Crippen molar-refractivity contribution in [2.24, 2.45) is 5.92 Å². The molecular weight excluding hydrogens is 166 g/mol. The number of aliphatic hydroxyl groups excluding tert-OH is 1. The van der Waals surface area contributed by atoms with Gasteiger partial charge in [0, 0.05) is 5.92 Å². The van der Waals surface area contributed by atoms with Crippen LogP contribution in [0.3, 0.4) is 0 Å². The van der Waals surface area contributed by atoms with E-state index in [1.54, 1.807) is 6.92 Å². The van der Waals surface area contributed by atoms with Gasteiger partial charge < -0.3 is 10.4 Å². The summed E-state index contributed by atoms with van der Waals surface area (Å²) in [7, 11) is 0. The summed E-state index contributed by atoms with van der Waals surface area (Å²) >= 11 is 0. The van der Waals surface area contributed by atoms with Gasteiger partial charge in [0.05, 0.1) is 12.6 Å². The molecule has 1 saturated carbocycles. The predicted molar refractivity (Wildman–Crippen MR) is 49.8 cm³/mol. The number of rotatable bonds is 2. The van der Waals surface area contributed by atoms with E-state index in [1.165, 1.54) is 0 Å². The van der Waals surface area contributed by atoms with Crippen LogP contribution in [0.25, 0.3) is 0 Å². The van der Waals surface area contributed by atoms with Crippen LogP contribution in [0.4, 0.5) is 0 Å². The highest BCUT2D eigenvalue weighted by molar-refractivity contribution is 5.79. The van der Waals surface area contributed by atoms with Gasteiger partial charge >= 0.3 is 0 Å². The lowest BCUT2D eigenvalue weighted by Crippen LogP contribution is -2.29. The smallest absolute Gasteiger partial charge is 0.223 e. The van der Waals surface area contributed by atoms with Crippen molar-refractivity contribution in [2.45, 2.75) is 32.3 Å². The second-order valence-electron chi connectivity index (χ2n) is 3.31. The Morgan fingerprint density at radius 3 is 2.92 bits per heavy atom. The second kappa shape index (κ2) is 4.88. The number of aliphatic hydroxyl groups is 1. The van der Waals surface area contributed by atoms with E-state index in [0.29, 0.717) is 13.0 Å². The van der Waals surface area contributed by atoms with Crippen LogP contribution in [0.2, 0.25) is 0 Å². The lowest BCUT2D eigenvalue weighted by molar-refractivity contribution is -0.124. The van der Waals surface area contributed by atoms with Crippen LogP contribution < -0.4 is 5.32 Å². The molecule has 2 N–H and O–H groups in total. The molecule has 1 fully saturated rings. The Morgan fingerprint density at radius 1 is 1.62 bits per heavy atom. The first-order valence-corrected chi connectivity index (χ1v) is 4.59. The maximum absolute atomic E-state index is 11.4. The molecule has 2 atom stereocenters. The van der Waals surface area contributed by atoms with Crippen molar-refractivity contribution in [3.05, 3.63) is 0 Å². The highest BCUT2D eigenvalue weighted by atomic mass is 16.3. The molecule has 0 saturated heterocycles. The molecule has 3 nitrogen and oxygen atoms in total. The van der Waals surface area contributed by atoms with Gasteiger partial charge in [0.1, 0.15) is 0 Å². The zero-order valence-corrected chi connectivity index (χ0v) is 7.84. The van der Waals surface area contributed by atoms with Crippen molar-refractivity contribution in [3.63, 3.8) is 0 Å². The van der Waals surface area contributed by atoms with Gasteiger partial charge in [-0.05, 0) is 26.2 Å². The average Bonchev–Trinajstić information content (AvgIpc) is 2.52. The van der Waals surface area contributed by atoms with Crippen molar-refractivity contribution in [1.82, 2.24) is 5.32 Å². The minimum Gasteiger partial charge on any atom is -0.393 e. The third kappa shape index (κ3) is 3.08. The molecule has 2 unspecified atom stereocenters. The van der Waals surface area contributed by atoms with E-state index in [-0.39, 0.29) is 17.9 Å². The summed E-state index contributed by atoms with van der Waals surface area (Å²) in [6.07, 6.45) is 1.86. The number of carbonyl (C=O) groups is 1. The molecule has 1 amide bonds. The molecule has 0 aliphatic heterocycles. The Hall–Kier alpha value is -1.01. The van der Waals surface area contributed by atoms with Crippen LogP contribution in [0.5, 0.6) is 0 Å². The van der Waals surface area contributed by atoms with Crippen LogP contribution in [0, 0.1) is 17.8 Å². The molecule has 0 spiro atoms. The standard InChI is InChI=1S/C10H15NO2/c1-2-3-6-11-10(13)8-4-5-9(12)7-8/h8-9,12H,4-7H2,1H3,(H,11,13). The number of nitrogens with one attached hydrogen (secondary N) is 1. The maximum Gasteiger partial charge on any atom is 0.223 e. The molecule has 13 heavy (non-hydrogen) atoms. The molecule has 0 aromatic heterocycles. The fourth-order valence-corrected chi connectivity index (χ4v) is 1.56. The minimum atomic E-state index is -0.284. The molecule has 0 radical (unpaired) electrons. The van der Waals surface area contributed by atoms with E-state index < -0.39 is 0 Å². The third-order valence-electron chi connectivity index (χ3n) is 2.30. The molecule has 1 rings (SSSR count). The van der Waals surface area contributed by atoms with Crippen LogP contribution in [0.1, 0.15) is 26.2 Å². The second-order valence-corrected chi connectivity index (χ2v) is 3.31. The van der Waals surface area contributed by atoms with E-state index >= 15 is 0 Å². The van der Waals surface area contributed by atoms with Gasteiger partial charge in [-0.2, -0.15) is 0 Å². The van der Waals surface area contributed by atoms with Crippen molar-refractivity contribution in [3.8, 4) is 11.8 Å². The van der Waals surface area contributed by atoms with Gasteiger partial charge in [-0.3, -0.25) is 4.79 Å². The molecular formula is C10H15NO2. The zero-order valence-electron chi connectivity index (χ0n) is 7.84. The van der Waals surface area contributed by atoms with Gasteiger partial charge in [-0.15, -0.1) is 5.92 Å². The summed E-state index contributed by atoms with van der Waals surface area (Å²) < 4.78 is 0. The van der Waals surface area contributed by atoms with Gasteiger partial charge in [-0.1, -0.05) is 5.92 Å². The SMILES string of the molecule is CC#CCNC(=O)C1CCC(O)C1. The fraction of sp³-hybridized carbons (Fsp3) is 0.700. The molecule has 3 heteroatoms. The van der Waals surface area contributed by atoms with Gasteiger partial charge in [0.2, 0.25) is 5.91 Å². The number of amides is 1. The van der Waals surface area contributed by atoms with E-state index in [9.17, 15) is 9.90 Å². The van der Waals surface area contributed by atoms with E-state index in [0.717, 1.165) is 12.8 Å². The fourth-order valence-electron chi connectivity index (χ4n) is 1.56. The van der Waals surface area contributed by atoms with Crippen LogP contribution in [-0.4, -0.2) is 23.7 Å². The lowest BCUT2D eigenvalue weighted by atomic mass is 10.1. The third-order valence-corrected chi connectivity index (χ3v) is 2.30. The summed E-state index contributed by atoms with van der Waals surface area (Å²) in [5.41, 5.74) is 0. The molecule has 1 aliphatic carbocycles. The first-order chi connectivity index (χ1) is 6.24. The maximum atomic E-state index is 11.4. The number of hydrogen-bond donors (Lipinski definition) is 2. The van der Waals surface area contributed by atoms with E-state index in [2.05, 4.69) is 17.2 Å². The van der Waals surface area contributed by atoms with Crippen LogP contribution in [0.15, 0.2) is 0 Å². The van der Waals surface area contributed by atoms with Crippen molar-refractivity contribution < 1.29 is 9.90 Å². The van der Waals surface area contributed by atoms with Gasteiger partial charge in [0.15, 0.2) is 0 Å². The Bertz CT molecular complexity index is 239. The first kappa shape index (κ1) is 10.1. The van der Waals surface area contributed by atoms with Crippen molar-refractivity contribution in [2.75, 3.05) is 6.54 Å². The normalized spacial score (nSPS) is 26.3. The molecule has 0 aromatic rings. The average molecular weight is 181 g/mol. The monoisotopic (exact) mass is 181 g/mol. The Balaban J connectivity index is 2.26. The predicted octanol–water partition coefficient (Wildman–Crippen LogP) is 0.287. The van der Waals surface area contributed by atoms with Crippen molar-refractivity contribution >= 4 is 5.91 Å². The molecule has 1 aliphatic rings. The number of carbonyl (C=O) groups excluding carboxylic acids is 1. The zero-order chi connectivity index (χ0) is 9.68. The van der Waals surface area contributed by atoms with E-state index in [1.807, 2.05) is 0 Å². The minimum absolute atomic E-state index is 0.00587. The summed E-state index contributed by atoms with van der Waals surface area (Å²) in [5, 5.41) is 11.9. The Kier molecular flexibility index (Phi) is 3.78. The molecule has 0 bridgehead atoms. The van der Waals surface area contributed by atoms with Gasteiger partial charge in [-0.25, -0.2) is 0 Å². The highest BCUT2D eigenvalue weighted by Gasteiger charge is 2.27.